The molecular weight excluding hydrogens is 246 g/mol. The van der Waals surface area contributed by atoms with Crippen molar-refractivity contribution in [2.24, 2.45) is 11.8 Å². The molecule has 1 N–H and O–H groups in total. The SMILES string of the molecule is CC(C)COC(=S)NC[C@H]1CCS(=O)(=O)C1. The Kier molecular flexibility index (Phi) is 4.98. The first-order chi connectivity index (χ1) is 7.39. The Hall–Kier alpha value is -0.360. The summed E-state index contributed by atoms with van der Waals surface area (Å²) in [6.45, 7) is 5.28. The van der Waals surface area contributed by atoms with Gasteiger partial charge in [-0.1, -0.05) is 13.8 Å². The highest BCUT2D eigenvalue weighted by molar-refractivity contribution is 7.91. The molecule has 0 unspecified atom stereocenters. The van der Waals surface area contributed by atoms with Crippen LogP contribution in [0.1, 0.15) is 20.3 Å². The fourth-order valence-electron chi connectivity index (χ4n) is 1.55. The molecule has 0 radical (unpaired) electrons. The van der Waals surface area contributed by atoms with Gasteiger partial charge in [0, 0.05) is 6.54 Å². The summed E-state index contributed by atoms with van der Waals surface area (Å²) in [6, 6.07) is 0. The number of nitrogens with one attached hydrogen (secondary N) is 1. The molecule has 0 aromatic heterocycles. The van der Waals surface area contributed by atoms with E-state index >= 15 is 0 Å². The standard InChI is InChI=1S/C10H19NO3S2/c1-8(2)6-14-10(15)11-5-9-3-4-16(12,13)7-9/h8-9H,3-7H2,1-2H3,(H,11,15)/t9-/m1/s1. The first-order valence-electron chi connectivity index (χ1n) is 5.50. The highest BCUT2D eigenvalue weighted by Gasteiger charge is 2.27. The Morgan fingerprint density at radius 2 is 2.25 bits per heavy atom. The molecule has 0 spiro atoms. The Bertz CT molecular complexity index is 338. The summed E-state index contributed by atoms with van der Waals surface area (Å²) in [5.74, 6) is 1.18. The molecule has 0 aromatic carbocycles. The molecular formula is C10H19NO3S2. The van der Waals surface area contributed by atoms with Crippen LogP contribution in [-0.4, -0.2) is 38.2 Å². The van der Waals surface area contributed by atoms with Gasteiger partial charge in [0.05, 0.1) is 18.1 Å². The highest BCUT2D eigenvalue weighted by atomic mass is 32.2. The predicted molar refractivity (Wildman–Crippen MR) is 68.2 cm³/mol. The van der Waals surface area contributed by atoms with E-state index in [9.17, 15) is 8.42 Å². The second kappa shape index (κ2) is 5.82. The Morgan fingerprint density at radius 1 is 1.56 bits per heavy atom. The predicted octanol–water partition coefficient (Wildman–Crippen LogP) is 0.968. The van der Waals surface area contributed by atoms with Crippen molar-refractivity contribution >= 4 is 27.2 Å². The van der Waals surface area contributed by atoms with Crippen molar-refractivity contribution in [2.45, 2.75) is 20.3 Å². The van der Waals surface area contributed by atoms with Crippen LogP contribution in [0, 0.1) is 11.8 Å². The summed E-state index contributed by atoms with van der Waals surface area (Å²) in [5, 5.41) is 3.34. The molecule has 0 amide bonds. The molecule has 1 aliphatic rings. The van der Waals surface area contributed by atoms with E-state index in [1.807, 2.05) is 13.8 Å². The second-order valence-electron chi connectivity index (χ2n) is 4.64. The van der Waals surface area contributed by atoms with Gasteiger partial charge in [-0.3, -0.25) is 0 Å². The number of ether oxygens (including phenoxy) is 1. The zero-order valence-electron chi connectivity index (χ0n) is 9.73. The maximum absolute atomic E-state index is 11.2. The molecule has 6 heteroatoms. The third kappa shape index (κ3) is 5.12. The lowest BCUT2D eigenvalue weighted by atomic mass is 10.1. The van der Waals surface area contributed by atoms with E-state index in [4.69, 9.17) is 17.0 Å². The summed E-state index contributed by atoms with van der Waals surface area (Å²) in [6.07, 6.45) is 0.724. The van der Waals surface area contributed by atoms with E-state index in [0.717, 1.165) is 6.42 Å². The van der Waals surface area contributed by atoms with Gasteiger partial charge in [-0.05, 0) is 30.5 Å². The van der Waals surface area contributed by atoms with Crippen LogP contribution in [0.5, 0.6) is 0 Å². The van der Waals surface area contributed by atoms with Crippen molar-refractivity contribution in [3.63, 3.8) is 0 Å². The fourth-order valence-corrected chi connectivity index (χ4v) is 3.57. The number of rotatable bonds is 4. The quantitative estimate of drug-likeness (QED) is 0.768. The molecule has 1 fully saturated rings. The Labute approximate surface area is 103 Å². The van der Waals surface area contributed by atoms with Crippen molar-refractivity contribution in [3.8, 4) is 0 Å². The molecule has 1 rings (SSSR count). The van der Waals surface area contributed by atoms with Gasteiger partial charge < -0.3 is 10.1 Å². The van der Waals surface area contributed by atoms with E-state index in [1.165, 1.54) is 0 Å². The summed E-state index contributed by atoms with van der Waals surface area (Å²) in [5.41, 5.74) is 0. The fraction of sp³-hybridized carbons (Fsp3) is 0.900. The molecule has 0 aliphatic carbocycles. The van der Waals surface area contributed by atoms with E-state index in [1.54, 1.807) is 0 Å². The first kappa shape index (κ1) is 13.7. The van der Waals surface area contributed by atoms with Gasteiger partial charge in [0.1, 0.15) is 0 Å². The zero-order valence-corrected chi connectivity index (χ0v) is 11.4. The molecule has 1 heterocycles. The first-order valence-corrected chi connectivity index (χ1v) is 7.73. The smallest absolute Gasteiger partial charge is 0.256 e. The second-order valence-corrected chi connectivity index (χ2v) is 7.24. The summed E-state index contributed by atoms with van der Waals surface area (Å²) < 4.78 is 27.7. The van der Waals surface area contributed by atoms with E-state index in [-0.39, 0.29) is 11.7 Å². The zero-order chi connectivity index (χ0) is 12.2. The van der Waals surface area contributed by atoms with Gasteiger partial charge in [-0.15, -0.1) is 0 Å². The normalized spacial score (nSPS) is 23.3. The van der Waals surface area contributed by atoms with Gasteiger partial charge >= 0.3 is 0 Å². The highest BCUT2D eigenvalue weighted by Crippen LogP contribution is 2.17. The topological polar surface area (TPSA) is 55.4 Å². The van der Waals surface area contributed by atoms with Crippen molar-refractivity contribution in [1.29, 1.82) is 0 Å². The van der Waals surface area contributed by atoms with Gasteiger partial charge in [-0.25, -0.2) is 8.42 Å². The van der Waals surface area contributed by atoms with Crippen molar-refractivity contribution in [1.82, 2.24) is 5.32 Å². The van der Waals surface area contributed by atoms with Crippen LogP contribution < -0.4 is 5.32 Å². The lowest BCUT2D eigenvalue weighted by Crippen LogP contribution is -2.30. The monoisotopic (exact) mass is 265 g/mol. The van der Waals surface area contributed by atoms with Gasteiger partial charge in [-0.2, -0.15) is 0 Å². The average Bonchev–Trinajstić information content (AvgIpc) is 2.52. The van der Waals surface area contributed by atoms with Crippen LogP contribution in [0.2, 0.25) is 0 Å². The Morgan fingerprint density at radius 3 is 2.75 bits per heavy atom. The summed E-state index contributed by atoms with van der Waals surface area (Å²) in [7, 11) is -2.79. The van der Waals surface area contributed by atoms with Crippen molar-refractivity contribution < 1.29 is 13.2 Å². The minimum atomic E-state index is -2.79. The third-order valence-electron chi connectivity index (χ3n) is 2.41. The van der Waals surface area contributed by atoms with E-state index < -0.39 is 9.84 Å². The van der Waals surface area contributed by atoms with E-state index in [2.05, 4.69) is 5.32 Å². The average molecular weight is 265 g/mol. The lowest BCUT2D eigenvalue weighted by Gasteiger charge is -2.13. The number of sulfone groups is 1. The number of thiocarbonyl (C=S) groups is 1. The van der Waals surface area contributed by atoms with Crippen LogP contribution in [-0.2, 0) is 14.6 Å². The van der Waals surface area contributed by atoms with Crippen molar-refractivity contribution in [3.05, 3.63) is 0 Å². The van der Waals surface area contributed by atoms with Gasteiger partial charge in [0.15, 0.2) is 9.84 Å². The van der Waals surface area contributed by atoms with Crippen LogP contribution in [0.15, 0.2) is 0 Å². The Balaban J connectivity index is 2.18. The van der Waals surface area contributed by atoms with Gasteiger partial charge in [0.25, 0.3) is 5.17 Å². The number of hydrogen-bond donors (Lipinski definition) is 1. The van der Waals surface area contributed by atoms with Crippen LogP contribution >= 0.6 is 12.2 Å². The molecule has 0 aromatic rings. The van der Waals surface area contributed by atoms with Crippen molar-refractivity contribution in [2.75, 3.05) is 24.7 Å². The molecule has 94 valence electrons. The van der Waals surface area contributed by atoms with E-state index in [0.29, 0.717) is 30.0 Å². The minimum Gasteiger partial charge on any atom is -0.471 e. The van der Waals surface area contributed by atoms with Crippen LogP contribution in [0.3, 0.4) is 0 Å². The maximum atomic E-state index is 11.2. The molecule has 0 saturated carbocycles. The van der Waals surface area contributed by atoms with Gasteiger partial charge in [0.2, 0.25) is 0 Å². The third-order valence-corrected chi connectivity index (χ3v) is 4.51. The lowest BCUT2D eigenvalue weighted by molar-refractivity contribution is 0.253. The molecule has 4 nitrogen and oxygen atoms in total. The maximum Gasteiger partial charge on any atom is 0.256 e. The summed E-state index contributed by atoms with van der Waals surface area (Å²) >= 11 is 4.98. The molecule has 16 heavy (non-hydrogen) atoms. The summed E-state index contributed by atoms with van der Waals surface area (Å²) in [4.78, 5) is 0. The van der Waals surface area contributed by atoms with Crippen LogP contribution in [0.25, 0.3) is 0 Å². The molecule has 0 bridgehead atoms. The molecule has 1 aliphatic heterocycles. The molecule has 1 saturated heterocycles. The van der Waals surface area contributed by atoms with Crippen LogP contribution in [0.4, 0.5) is 0 Å². The largest absolute Gasteiger partial charge is 0.471 e. The minimum absolute atomic E-state index is 0.172. The molecule has 1 atom stereocenters. The number of hydrogen-bond acceptors (Lipinski definition) is 4.